The van der Waals surface area contributed by atoms with Gasteiger partial charge in [0.15, 0.2) is 0 Å². The van der Waals surface area contributed by atoms with E-state index >= 15 is 0 Å². The van der Waals surface area contributed by atoms with Gasteiger partial charge in [0.1, 0.15) is 6.04 Å². The van der Waals surface area contributed by atoms with Gasteiger partial charge in [-0.2, -0.15) is 4.72 Å². The number of sulfonamides is 1. The monoisotopic (exact) mass is 370 g/mol. The third-order valence-electron chi connectivity index (χ3n) is 3.92. The van der Waals surface area contributed by atoms with Gasteiger partial charge in [-0.1, -0.05) is 13.8 Å². The number of nitrogens with one attached hydrogen (secondary N) is 1. The van der Waals surface area contributed by atoms with Crippen molar-refractivity contribution in [2.75, 3.05) is 26.3 Å². The van der Waals surface area contributed by atoms with Crippen LogP contribution in [-0.2, 0) is 19.6 Å². The highest BCUT2D eigenvalue weighted by Crippen LogP contribution is 2.15. The predicted octanol–water partition coefficient (Wildman–Crippen LogP) is 0.547. The first-order valence-corrected chi connectivity index (χ1v) is 9.43. The second kappa shape index (κ2) is 7.94. The van der Waals surface area contributed by atoms with Crippen molar-refractivity contribution < 1.29 is 27.9 Å². The Bertz CT molecular complexity index is 723. The molecule has 1 saturated heterocycles. The third-order valence-corrected chi connectivity index (χ3v) is 5.38. The number of amides is 1. The highest BCUT2D eigenvalue weighted by molar-refractivity contribution is 7.89. The first kappa shape index (κ1) is 19.4. The third kappa shape index (κ3) is 4.77. The predicted molar refractivity (Wildman–Crippen MR) is 89.7 cm³/mol. The van der Waals surface area contributed by atoms with E-state index in [4.69, 9.17) is 9.84 Å². The minimum Gasteiger partial charge on any atom is -0.480 e. The Hall–Kier alpha value is -1.97. The highest BCUT2D eigenvalue weighted by atomic mass is 32.2. The molecule has 2 N–H and O–H groups in total. The second-order valence-electron chi connectivity index (χ2n) is 6.11. The van der Waals surface area contributed by atoms with E-state index in [9.17, 15) is 18.0 Å². The number of carboxylic acids is 1. The summed E-state index contributed by atoms with van der Waals surface area (Å²) in [6, 6.07) is 4.24. The number of morpholine rings is 1. The quantitative estimate of drug-likeness (QED) is 0.756. The van der Waals surface area contributed by atoms with E-state index < -0.39 is 28.0 Å². The highest BCUT2D eigenvalue weighted by Gasteiger charge is 2.28. The fourth-order valence-electron chi connectivity index (χ4n) is 2.43. The minimum atomic E-state index is -3.99. The van der Waals surface area contributed by atoms with Gasteiger partial charge in [0.2, 0.25) is 10.0 Å². The lowest BCUT2D eigenvalue weighted by Gasteiger charge is -2.26. The van der Waals surface area contributed by atoms with Crippen LogP contribution in [0.15, 0.2) is 29.2 Å². The first-order chi connectivity index (χ1) is 11.7. The molecule has 1 fully saturated rings. The number of nitrogens with zero attached hydrogens (tertiary/aromatic N) is 1. The number of benzene rings is 1. The van der Waals surface area contributed by atoms with Crippen LogP contribution >= 0.6 is 0 Å². The molecule has 0 unspecified atom stereocenters. The average molecular weight is 370 g/mol. The average Bonchev–Trinajstić information content (AvgIpc) is 2.59. The summed E-state index contributed by atoms with van der Waals surface area (Å²) in [5.41, 5.74) is 0.375. The van der Waals surface area contributed by atoms with Crippen LogP contribution in [0.3, 0.4) is 0 Å². The maximum atomic E-state index is 12.3. The normalized spacial score (nSPS) is 16.7. The molecule has 2 rings (SSSR count). The Labute approximate surface area is 146 Å². The van der Waals surface area contributed by atoms with Gasteiger partial charge >= 0.3 is 5.97 Å². The zero-order chi connectivity index (χ0) is 18.6. The van der Waals surface area contributed by atoms with E-state index in [2.05, 4.69) is 4.72 Å². The molecule has 1 aliphatic rings. The van der Waals surface area contributed by atoms with Crippen molar-refractivity contribution in [2.45, 2.75) is 24.8 Å². The van der Waals surface area contributed by atoms with Crippen LogP contribution in [0, 0.1) is 5.92 Å². The van der Waals surface area contributed by atoms with Gasteiger partial charge in [-0.15, -0.1) is 0 Å². The van der Waals surface area contributed by atoms with Crippen LogP contribution in [0.1, 0.15) is 24.2 Å². The topological polar surface area (TPSA) is 113 Å². The zero-order valence-corrected chi connectivity index (χ0v) is 15.0. The van der Waals surface area contributed by atoms with Gasteiger partial charge in [-0.3, -0.25) is 9.59 Å². The lowest BCUT2D eigenvalue weighted by atomic mass is 10.1. The molecular formula is C16H22N2O6S. The smallest absolute Gasteiger partial charge is 0.322 e. The lowest BCUT2D eigenvalue weighted by molar-refractivity contribution is -0.140. The fourth-order valence-corrected chi connectivity index (χ4v) is 3.77. The van der Waals surface area contributed by atoms with Crippen LogP contribution < -0.4 is 4.72 Å². The van der Waals surface area contributed by atoms with Crippen LogP contribution in [0.25, 0.3) is 0 Å². The molecule has 25 heavy (non-hydrogen) atoms. The number of carbonyl (C=O) groups excluding carboxylic acids is 1. The van der Waals surface area contributed by atoms with Crippen LogP contribution in [0.4, 0.5) is 0 Å². The van der Waals surface area contributed by atoms with E-state index in [0.717, 1.165) is 0 Å². The van der Waals surface area contributed by atoms with Crippen molar-refractivity contribution in [2.24, 2.45) is 5.92 Å². The van der Waals surface area contributed by atoms with E-state index in [-0.39, 0.29) is 10.8 Å². The summed E-state index contributed by atoms with van der Waals surface area (Å²) in [5, 5.41) is 9.13. The summed E-state index contributed by atoms with van der Waals surface area (Å²) < 4.78 is 32.1. The van der Waals surface area contributed by atoms with E-state index in [1.807, 2.05) is 0 Å². The molecule has 1 aliphatic heterocycles. The Kier molecular flexibility index (Phi) is 6.15. The van der Waals surface area contributed by atoms with Crippen LogP contribution in [0.5, 0.6) is 0 Å². The zero-order valence-electron chi connectivity index (χ0n) is 14.1. The molecule has 138 valence electrons. The van der Waals surface area contributed by atoms with Crippen molar-refractivity contribution in [3.8, 4) is 0 Å². The Morgan fingerprint density at radius 2 is 1.72 bits per heavy atom. The largest absolute Gasteiger partial charge is 0.480 e. The molecule has 0 radical (unpaired) electrons. The second-order valence-corrected chi connectivity index (χ2v) is 7.82. The number of ether oxygens (including phenoxy) is 1. The summed E-state index contributed by atoms with van der Waals surface area (Å²) in [7, 11) is -3.99. The summed E-state index contributed by atoms with van der Waals surface area (Å²) >= 11 is 0. The number of hydrogen-bond acceptors (Lipinski definition) is 5. The molecule has 0 spiro atoms. The number of rotatable bonds is 6. The maximum absolute atomic E-state index is 12.3. The van der Waals surface area contributed by atoms with E-state index in [1.165, 1.54) is 24.3 Å². The van der Waals surface area contributed by atoms with E-state index in [1.54, 1.807) is 18.7 Å². The molecule has 1 heterocycles. The van der Waals surface area contributed by atoms with Gasteiger partial charge in [0.25, 0.3) is 5.91 Å². The molecule has 1 amide bonds. The van der Waals surface area contributed by atoms with Gasteiger partial charge in [-0.25, -0.2) is 8.42 Å². The van der Waals surface area contributed by atoms with E-state index in [0.29, 0.717) is 31.9 Å². The lowest BCUT2D eigenvalue weighted by Crippen LogP contribution is -2.44. The summed E-state index contributed by atoms with van der Waals surface area (Å²) in [6.07, 6.45) is 0. The molecule has 0 aromatic heterocycles. The molecule has 0 bridgehead atoms. The standard InChI is InChI=1S/C16H22N2O6S/c1-11(2)14(16(20)21)17-25(22,23)13-5-3-12(4-6-13)15(19)18-7-9-24-10-8-18/h3-6,11,14,17H,7-10H2,1-2H3,(H,20,21)/t14-/m0/s1. The summed E-state index contributed by atoms with van der Waals surface area (Å²) in [4.78, 5) is 25.1. The molecule has 1 aromatic carbocycles. The maximum Gasteiger partial charge on any atom is 0.322 e. The van der Waals surface area contributed by atoms with Gasteiger partial charge in [-0.05, 0) is 30.2 Å². The van der Waals surface area contributed by atoms with Crippen molar-refractivity contribution in [3.63, 3.8) is 0 Å². The molecular weight excluding hydrogens is 348 g/mol. The van der Waals surface area contributed by atoms with Crippen molar-refractivity contribution >= 4 is 21.9 Å². The molecule has 8 nitrogen and oxygen atoms in total. The fraction of sp³-hybridized carbons (Fsp3) is 0.500. The summed E-state index contributed by atoms with van der Waals surface area (Å²) in [5.74, 6) is -1.84. The van der Waals surface area contributed by atoms with Gasteiger partial charge in [0, 0.05) is 18.7 Å². The first-order valence-electron chi connectivity index (χ1n) is 7.94. The Balaban J connectivity index is 2.15. The van der Waals surface area contributed by atoms with Gasteiger partial charge in [0.05, 0.1) is 18.1 Å². The molecule has 1 aromatic rings. The number of carbonyl (C=O) groups is 2. The van der Waals surface area contributed by atoms with Gasteiger partial charge < -0.3 is 14.7 Å². The molecule has 1 atom stereocenters. The Morgan fingerprint density at radius 3 is 2.20 bits per heavy atom. The number of aliphatic carboxylic acids is 1. The van der Waals surface area contributed by atoms with Crippen molar-refractivity contribution in [1.82, 2.24) is 9.62 Å². The number of carboxylic acid groups (broad SMARTS) is 1. The molecule has 9 heteroatoms. The van der Waals surface area contributed by atoms with Crippen molar-refractivity contribution in [3.05, 3.63) is 29.8 Å². The SMILES string of the molecule is CC(C)[C@H](NS(=O)(=O)c1ccc(C(=O)N2CCOCC2)cc1)C(=O)O. The molecule has 0 aliphatic carbocycles. The van der Waals surface area contributed by atoms with Crippen molar-refractivity contribution in [1.29, 1.82) is 0 Å². The number of hydrogen-bond donors (Lipinski definition) is 2. The van der Waals surface area contributed by atoms with Crippen LogP contribution in [0.2, 0.25) is 0 Å². The van der Waals surface area contributed by atoms with Crippen LogP contribution in [-0.4, -0.2) is 62.6 Å². The molecule has 0 saturated carbocycles. The summed E-state index contributed by atoms with van der Waals surface area (Å²) in [6.45, 7) is 5.18. The Morgan fingerprint density at radius 1 is 1.16 bits per heavy atom. The minimum absolute atomic E-state index is 0.0853.